The minimum atomic E-state index is -0.191. The first-order valence-electron chi connectivity index (χ1n) is 8.22. The number of anilines is 1. The highest BCUT2D eigenvalue weighted by molar-refractivity contribution is 5.95. The van der Waals surface area contributed by atoms with Crippen molar-refractivity contribution in [3.05, 3.63) is 48.4 Å². The van der Waals surface area contributed by atoms with Gasteiger partial charge in [0.05, 0.1) is 18.8 Å². The van der Waals surface area contributed by atoms with Crippen LogP contribution in [0.5, 0.6) is 17.2 Å². The highest BCUT2D eigenvalue weighted by atomic mass is 16.7. The number of amides is 2. The largest absolute Gasteiger partial charge is 0.493 e. The number of pyridine rings is 1. The van der Waals surface area contributed by atoms with Gasteiger partial charge in [0.2, 0.25) is 12.5 Å². The quantitative estimate of drug-likeness (QED) is 0.783. The van der Waals surface area contributed by atoms with E-state index in [-0.39, 0.29) is 18.9 Å². The van der Waals surface area contributed by atoms with Gasteiger partial charge in [0.1, 0.15) is 5.65 Å². The Bertz CT molecular complexity index is 1020. The van der Waals surface area contributed by atoms with E-state index in [9.17, 15) is 4.79 Å². The minimum Gasteiger partial charge on any atom is -0.493 e. The Labute approximate surface area is 148 Å². The number of methoxy groups -OCH3 is 1. The van der Waals surface area contributed by atoms with Gasteiger partial charge in [-0.25, -0.2) is 9.78 Å². The van der Waals surface area contributed by atoms with E-state index in [4.69, 9.17) is 14.2 Å². The summed E-state index contributed by atoms with van der Waals surface area (Å²) in [4.78, 5) is 18.5. The summed E-state index contributed by atoms with van der Waals surface area (Å²) in [7, 11) is 1.59. The van der Waals surface area contributed by atoms with Gasteiger partial charge >= 0.3 is 6.03 Å². The number of benzene rings is 1. The predicted octanol–water partition coefficient (Wildman–Crippen LogP) is 2.34. The van der Waals surface area contributed by atoms with Crippen LogP contribution in [0.25, 0.3) is 5.65 Å². The molecule has 0 bridgehead atoms. The molecule has 1 aromatic carbocycles. The molecule has 4 heterocycles. The Morgan fingerprint density at radius 3 is 3.08 bits per heavy atom. The SMILES string of the molecule is COc1cc(C2CNC(=O)N2c2ccn3ccnc3c2)cc2c1OCO2. The zero-order valence-corrected chi connectivity index (χ0v) is 14.0. The fraction of sp³-hybridized carbons (Fsp3) is 0.222. The Morgan fingerprint density at radius 2 is 2.19 bits per heavy atom. The van der Waals surface area contributed by atoms with Crippen LogP contribution in [0.15, 0.2) is 42.9 Å². The van der Waals surface area contributed by atoms with Crippen LogP contribution in [-0.2, 0) is 0 Å². The van der Waals surface area contributed by atoms with E-state index in [1.165, 1.54) is 0 Å². The van der Waals surface area contributed by atoms with Crippen LogP contribution in [-0.4, -0.2) is 35.9 Å². The molecule has 0 spiro atoms. The summed E-state index contributed by atoms with van der Waals surface area (Å²) < 4.78 is 18.3. The van der Waals surface area contributed by atoms with E-state index in [1.54, 1.807) is 18.2 Å². The molecule has 3 aromatic rings. The lowest BCUT2D eigenvalue weighted by Gasteiger charge is -2.24. The Morgan fingerprint density at radius 1 is 1.27 bits per heavy atom. The summed E-state index contributed by atoms with van der Waals surface area (Å²) in [6.07, 6.45) is 5.48. The normalized spacial score (nSPS) is 18.4. The number of fused-ring (bicyclic) bond motifs is 2. The second-order valence-corrected chi connectivity index (χ2v) is 6.11. The second-order valence-electron chi connectivity index (χ2n) is 6.11. The van der Waals surface area contributed by atoms with Crippen LogP contribution in [0.4, 0.5) is 10.5 Å². The molecule has 5 rings (SSSR count). The minimum absolute atomic E-state index is 0.150. The van der Waals surface area contributed by atoms with Crippen LogP contribution in [0.3, 0.4) is 0 Å². The molecule has 1 unspecified atom stereocenters. The van der Waals surface area contributed by atoms with Crippen molar-refractivity contribution in [3.63, 3.8) is 0 Å². The lowest BCUT2D eigenvalue weighted by atomic mass is 10.0. The van der Waals surface area contributed by atoms with E-state index in [2.05, 4.69) is 10.3 Å². The van der Waals surface area contributed by atoms with Crippen LogP contribution in [0.2, 0.25) is 0 Å². The third kappa shape index (κ3) is 2.15. The van der Waals surface area contributed by atoms with E-state index in [1.807, 2.05) is 41.1 Å². The van der Waals surface area contributed by atoms with Gasteiger partial charge < -0.3 is 23.9 Å². The van der Waals surface area contributed by atoms with Crippen molar-refractivity contribution in [1.82, 2.24) is 14.7 Å². The number of urea groups is 1. The van der Waals surface area contributed by atoms with Gasteiger partial charge in [0.15, 0.2) is 11.5 Å². The van der Waals surface area contributed by atoms with E-state index >= 15 is 0 Å². The highest BCUT2D eigenvalue weighted by Crippen LogP contribution is 2.44. The van der Waals surface area contributed by atoms with Crippen molar-refractivity contribution in [3.8, 4) is 17.2 Å². The van der Waals surface area contributed by atoms with E-state index < -0.39 is 0 Å². The molecule has 8 nitrogen and oxygen atoms in total. The standard InChI is InChI=1S/C18H16N4O4/c1-24-14-6-11(7-15-17(14)26-10-25-15)13-9-20-18(23)22(13)12-2-4-21-5-3-19-16(21)8-12/h2-8,13H,9-10H2,1H3,(H,20,23). The van der Waals surface area contributed by atoms with Crippen molar-refractivity contribution in [2.24, 2.45) is 0 Å². The van der Waals surface area contributed by atoms with Crippen LogP contribution in [0, 0.1) is 0 Å². The molecule has 1 fully saturated rings. The van der Waals surface area contributed by atoms with E-state index in [0.717, 1.165) is 16.9 Å². The Balaban J connectivity index is 1.58. The van der Waals surface area contributed by atoms with Gasteiger partial charge in [-0.3, -0.25) is 4.90 Å². The summed E-state index contributed by atoms with van der Waals surface area (Å²) in [5.41, 5.74) is 2.47. The topological polar surface area (TPSA) is 77.3 Å². The number of hydrogen-bond acceptors (Lipinski definition) is 5. The summed E-state index contributed by atoms with van der Waals surface area (Å²) in [6.45, 7) is 0.651. The maximum atomic E-state index is 12.5. The number of ether oxygens (including phenoxy) is 3. The predicted molar refractivity (Wildman–Crippen MR) is 92.9 cm³/mol. The molecular weight excluding hydrogens is 336 g/mol. The number of aromatic nitrogens is 2. The highest BCUT2D eigenvalue weighted by Gasteiger charge is 2.35. The maximum absolute atomic E-state index is 12.5. The van der Waals surface area contributed by atoms with Crippen LogP contribution in [0.1, 0.15) is 11.6 Å². The summed E-state index contributed by atoms with van der Waals surface area (Å²) in [5, 5.41) is 2.91. The number of nitrogens with one attached hydrogen (secondary N) is 1. The number of nitrogens with zero attached hydrogens (tertiary/aromatic N) is 3. The Kier molecular flexibility index (Phi) is 3.18. The van der Waals surface area contributed by atoms with Crippen molar-refractivity contribution in [1.29, 1.82) is 0 Å². The number of rotatable bonds is 3. The molecule has 8 heteroatoms. The molecule has 2 aliphatic rings. The molecule has 2 aliphatic heterocycles. The summed E-state index contributed by atoms with van der Waals surface area (Å²) in [6, 6.07) is 7.24. The average molecular weight is 352 g/mol. The first-order valence-corrected chi connectivity index (χ1v) is 8.22. The van der Waals surface area contributed by atoms with Crippen LogP contribution >= 0.6 is 0 Å². The second kappa shape index (κ2) is 5.55. The molecule has 1 atom stereocenters. The van der Waals surface area contributed by atoms with Crippen LogP contribution < -0.4 is 24.4 Å². The monoisotopic (exact) mass is 352 g/mol. The van der Waals surface area contributed by atoms with Gasteiger partial charge in [-0.2, -0.15) is 0 Å². The van der Waals surface area contributed by atoms with Crippen molar-refractivity contribution < 1.29 is 19.0 Å². The van der Waals surface area contributed by atoms with Gasteiger partial charge in [-0.1, -0.05) is 0 Å². The molecule has 2 aromatic heterocycles. The summed E-state index contributed by atoms with van der Waals surface area (Å²) in [5.74, 6) is 1.82. The number of carbonyl (C=O) groups excluding carboxylic acids is 1. The first kappa shape index (κ1) is 14.9. The molecule has 0 saturated carbocycles. The fourth-order valence-corrected chi connectivity index (χ4v) is 3.46. The lowest BCUT2D eigenvalue weighted by Crippen LogP contribution is -2.29. The number of hydrogen-bond donors (Lipinski definition) is 1. The molecule has 0 aliphatic carbocycles. The van der Waals surface area contributed by atoms with Crippen molar-refractivity contribution in [2.45, 2.75) is 6.04 Å². The zero-order chi connectivity index (χ0) is 17.7. The first-order chi connectivity index (χ1) is 12.7. The molecule has 1 saturated heterocycles. The number of carbonyl (C=O) groups is 1. The molecule has 1 N–H and O–H groups in total. The smallest absolute Gasteiger partial charge is 0.322 e. The van der Waals surface area contributed by atoms with E-state index in [0.29, 0.717) is 23.8 Å². The average Bonchev–Trinajstić information content (AvgIpc) is 3.38. The molecule has 0 radical (unpaired) electrons. The van der Waals surface area contributed by atoms with Gasteiger partial charge in [0, 0.05) is 31.2 Å². The molecule has 26 heavy (non-hydrogen) atoms. The molecular formula is C18H16N4O4. The maximum Gasteiger partial charge on any atom is 0.322 e. The number of imidazole rings is 1. The molecule has 132 valence electrons. The third-order valence-electron chi connectivity index (χ3n) is 4.70. The zero-order valence-electron chi connectivity index (χ0n) is 14.0. The third-order valence-corrected chi connectivity index (χ3v) is 4.70. The summed E-state index contributed by atoms with van der Waals surface area (Å²) >= 11 is 0. The lowest BCUT2D eigenvalue weighted by molar-refractivity contribution is 0.171. The van der Waals surface area contributed by atoms with Gasteiger partial charge in [0.25, 0.3) is 0 Å². The molecule has 2 amide bonds. The Hall–Kier alpha value is -3.42. The van der Waals surface area contributed by atoms with Gasteiger partial charge in [-0.05, 0) is 23.8 Å². The van der Waals surface area contributed by atoms with Gasteiger partial charge in [-0.15, -0.1) is 0 Å². The fourth-order valence-electron chi connectivity index (χ4n) is 3.46. The van der Waals surface area contributed by atoms with Crippen molar-refractivity contribution >= 4 is 17.4 Å². The van der Waals surface area contributed by atoms with Crippen molar-refractivity contribution in [2.75, 3.05) is 25.3 Å².